The van der Waals surface area contributed by atoms with Crippen LogP contribution in [0.1, 0.15) is 51.3 Å². The van der Waals surface area contributed by atoms with E-state index in [0.717, 1.165) is 31.2 Å². The predicted molar refractivity (Wildman–Crippen MR) is 75.0 cm³/mol. The van der Waals surface area contributed by atoms with E-state index in [9.17, 15) is 4.79 Å². The van der Waals surface area contributed by atoms with Crippen molar-refractivity contribution in [3.05, 3.63) is 30.1 Å². The van der Waals surface area contributed by atoms with E-state index >= 15 is 0 Å². The zero-order valence-corrected chi connectivity index (χ0v) is 11.7. The standard InChI is InChI=1S/C15H23N3O/c1-3-12-7-8-15(12,4-2)14(19)18-13(16)11-6-5-9-17-10-11/h5-6,9-10,12-13H,3-4,7-8,16H2,1-2H3,(H,18,19). The fourth-order valence-electron chi connectivity index (χ4n) is 3.14. The van der Waals surface area contributed by atoms with Crippen LogP contribution < -0.4 is 11.1 Å². The summed E-state index contributed by atoms with van der Waals surface area (Å²) < 4.78 is 0. The largest absolute Gasteiger partial charge is 0.336 e. The number of rotatable bonds is 5. The van der Waals surface area contributed by atoms with E-state index in [4.69, 9.17) is 5.73 Å². The Balaban J connectivity index is 2.05. The summed E-state index contributed by atoms with van der Waals surface area (Å²) in [6, 6.07) is 3.71. The first-order chi connectivity index (χ1) is 9.14. The molecule has 0 aromatic carbocycles. The van der Waals surface area contributed by atoms with Crippen molar-refractivity contribution in [2.45, 2.75) is 45.7 Å². The van der Waals surface area contributed by atoms with Gasteiger partial charge in [-0.15, -0.1) is 0 Å². The van der Waals surface area contributed by atoms with Crippen LogP contribution in [0.4, 0.5) is 0 Å². The van der Waals surface area contributed by atoms with Crippen LogP contribution in [0.3, 0.4) is 0 Å². The second kappa shape index (κ2) is 5.70. The number of pyridine rings is 1. The average Bonchev–Trinajstić information content (AvgIpc) is 2.40. The molecule has 1 aliphatic carbocycles. The highest BCUT2D eigenvalue weighted by Crippen LogP contribution is 2.51. The fraction of sp³-hybridized carbons (Fsp3) is 0.600. The Kier molecular flexibility index (Phi) is 4.20. The summed E-state index contributed by atoms with van der Waals surface area (Å²) in [5.74, 6) is 0.600. The first-order valence-electron chi connectivity index (χ1n) is 7.10. The van der Waals surface area contributed by atoms with Gasteiger partial charge in [-0.05, 0) is 31.2 Å². The number of aromatic nitrogens is 1. The molecule has 1 amide bonds. The van der Waals surface area contributed by atoms with Gasteiger partial charge in [-0.2, -0.15) is 0 Å². The minimum Gasteiger partial charge on any atom is -0.336 e. The summed E-state index contributed by atoms with van der Waals surface area (Å²) in [6.07, 6.45) is 7.00. The van der Waals surface area contributed by atoms with Gasteiger partial charge in [0.2, 0.25) is 5.91 Å². The van der Waals surface area contributed by atoms with Crippen molar-refractivity contribution in [3.8, 4) is 0 Å². The summed E-state index contributed by atoms with van der Waals surface area (Å²) in [5, 5.41) is 2.95. The molecular weight excluding hydrogens is 238 g/mol. The monoisotopic (exact) mass is 261 g/mol. The lowest BCUT2D eigenvalue weighted by atomic mass is 9.57. The summed E-state index contributed by atoms with van der Waals surface area (Å²) in [6.45, 7) is 4.25. The lowest BCUT2D eigenvalue weighted by Crippen LogP contribution is -2.53. The van der Waals surface area contributed by atoms with Crippen molar-refractivity contribution in [3.63, 3.8) is 0 Å². The topological polar surface area (TPSA) is 68.0 Å². The molecule has 1 heterocycles. The van der Waals surface area contributed by atoms with Gasteiger partial charge in [-0.3, -0.25) is 9.78 Å². The Hall–Kier alpha value is -1.42. The highest BCUT2D eigenvalue weighted by molar-refractivity contribution is 5.84. The number of nitrogens with one attached hydrogen (secondary N) is 1. The quantitative estimate of drug-likeness (QED) is 0.800. The van der Waals surface area contributed by atoms with Gasteiger partial charge in [0.15, 0.2) is 0 Å². The van der Waals surface area contributed by atoms with Crippen LogP contribution in [0, 0.1) is 11.3 Å². The number of nitrogens with two attached hydrogens (primary N) is 1. The lowest BCUT2D eigenvalue weighted by Gasteiger charge is -2.48. The SMILES string of the molecule is CCC1CCC1(CC)C(=O)NC(N)c1cccnc1. The molecule has 1 saturated carbocycles. The van der Waals surface area contributed by atoms with Crippen LogP contribution in [-0.2, 0) is 4.79 Å². The van der Waals surface area contributed by atoms with Crippen molar-refractivity contribution in [1.29, 1.82) is 0 Å². The Bertz CT molecular complexity index is 428. The normalized spacial score (nSPS) is 27.4. The van der Waals surface area contributed by atoms with E-state index < -0.39 is 6.17 Å². The molecule has 2 rings (SSSR count). The van der Waals surface area contributed by atoms with E-state index in [2.05, 4.69) is 24.1 Å². The first-order valence-corrected chi connectivity index (χ1v) is 7.10. The molecule has 4 nitrogen and oxygen atoms in total. The van der Waals surface area contributed by atoms with E-state index in [-0.39, 0.29) is 11.3 Å². The second-order valence-electron chi connectivity index (χ2n) is 5.39. The van der Waals surface area contributed by atoms with Gasteiger partial charge in [0.1, 0.15) is 6.17 Å². The molecule has 0 spiro atoms. The molecule has 3 N–H and O–H groups in total. The first kappa shape index (κ1) is 14.0. The zero-order valence-electron chi connectivity index (χ0n) is 11.7. The third kappa shape index (κ3) is 2.50. The molecule has 0 saturated heterocycles. The van der Waals surface area contributed by atoms with E-state index in [0.29, 0.717) is 5.92 Å². The van der Waals surface area contributed by atoms with Gasteiger partial charge in [-0.25, -0.2) is 0 Å². The summed E-state index contributed by atoms with van der Waals surface area (Å²) in [5.41, 5.74) is 6.68. The smallest absolute Gasteiger partial charge is 0.227 e. The van der Waals surface area contributed by atoms with Crippen LogP contribution in [0.5, 0.6) is 0 Å². The van der Waals surface area contributed by atoms with Gasteiger partial charge in [0.25, 0.3) is 0 Å². The van der Waals surface area contributed by atoms with Crippen LogP contribution in [0.2, 0.25) is 0 Å². The number of carbonyl (C=O) groups excluding carboxylic acids is 1. The van der Waals surface area contributed by atoms with Crippen molar-refractivity contribution >= 4 is 5.91 Å². The van der Waals surface area contributed by atoms with E-state index in [1.54, 1.807) is 12.4 Å². The van der Waals surface area contributed by atoms with Crippen molar-refractivity contribution in [1.82, 2.24) is 10.3 Å². The highest BCUT2D eigenvalue weighted by atomic mass is 16.2. The predicted octanol–water partition coefficient (Wildman–Crippen LogP) is 2.37. The minimum atomic E-state index is -0.470. The molecule has 0 radical (unpaired) electrons. The Morgan fingerprint density at radius 3 is 2.89 bits per heavy atom. The molecule has 104 valence electrons. The maximum atomic E-state index is 12.5. The van der Waals surface area contributed by atoms with Crippen molar-refractivity contribution < 1.29 is 4.79 Å². The molecule has 0 bridgehead atoms. The maximum Gasteiger partial charge on any atom is 0.227 e. The molecule has 4 heteroatoms. The Morgan fingerprint density at radius 2 is 2.42 bits per heavy atom. The number of carbonyl (C=O) groups is 1. The Morgan fingerprint density at radius 1 is 1.63 bits per heavy atom. The third-order valence-corrected chi connectivity index (χ3v) is 4.63. The molecule has 1 fully saturated rings. The van der Waals surface area contributed by atoms with Gasteiger partial charge >= 0.3 is 0 Å². The summed E-state index contributed by atoms with van der Waals surface area (Å²) in [7, 11) is 0. The molecule has 19 heavy (non-hydrogen) atoms. The summed E-state index contributed by atoms with van der Waals surface area (Å²) >= 11 is 0. The molecule has 1 aromatic rings. The molecule has 3 unspecified atom stereocenters. The number of hydrogen-bond donors (Lipinski definition) is 2. The third-order valence-electron chi connectivity index (χ3n) is 4.63. The summed E-state index contributed by atoms with van der Waals surface area (Å²) in [4.78, 5) is 16.5. The fourth-order valence-corrected chi connectivity index (χ4v) is 3.14. The molecule has 0 aliphatic heterocycles. The van der Waals surface area contributed by atoms with Crippen LogP contribution in [0.15, 0.2) is 24.5 Å². The second-order valence-corrected chi connectivity index (χ2v) is 5.39. The number of hydrogen-bond acceptors (Lipinski definition) is 3. The molecule has 1 aliphatic rings. The number of amides is 1. The molecular formula is C15H23N3O. The Labute approximate surface area is 114 Å². The zero-order chi connectivity index (χ0) is 13.9. The van der Waals surface area contributed by atoms with Gasteiger partial charge < -0.3 is 11.1 Å². The van der Waals surface area contributed by atoms with Crippen molar-refractivity contribution in [2.75, 3.05) is 0 Å². The maximum absolute atomic E-state index is 12.5. The van der Waals surface area contributed by atoms with E-state index in [1.807, 2.05) is 12.1 Å². The van der Waals surface area contributed by atoms with Gasteiger partial charge in [-0.1, -0.05) is 26.3 Å². The van der Waals surface area contributed by atoms with Crippen LogP contribution in [0.25, 0.3) is 0 Å². The number of nitrogens with zero attached hydrogens (tertiary/aromatic N) is 1. The average molecular weight is 261 g/mol. The van der Waals surface area contributed by atoms with Gasteiger partial charge in [0, 0.05) is 18.0 Å². The minimum absolute atomic E-state index is 0.101. The molecule has 3 atom stereocenters. The van der Waals surface area contributed by atoms with Crippen molar-refractivity contribution in [2.24, 2.45) is 17.1 Å². The highest BCUT2D eigenvalue weighted by Gasteiger charge is 2.50. The van der Waals surface area contributed by atoms with Crippen LogP contribution in [-0.4, -0.2) is 10.9 Å². The lowest BCUT2D eigenvalue weighted by molar-refractivity contribution is -0.143. The van der Waals surface area contributed by atoms with Gasteiger partial charge in [0.05, 0.1) is 5.41 Å². The molecule has 1 aromatic heterocycles. The van der Waals surface area contributed by atoms with E-state index in [1.165, 1.54) is 0 Å². The van der Waals surface area contributed by atoms with Crippen LogP contribution >= 0.6 is 0 Å².